The van der Waals surface area contributed by atoms with Gasteiger partial charge < -0.3 is 9.47 Å². The summed E-state index contributed by atoms with van der Waals surface area (Å²) >= 11 is 0. The van der Waals surface area contributed by atoms with Crippen LogP contribution in [0.4, 0.5) is 0 Å². The zero-order valence-electron chi connectivity index (χ0n) is 6.52. The van der Waals surface area contributed by atoms with Crippen LogP contribution in [0.2, 0.25) is 0 Å². The number of rotatable bonds is 5. The van der Waals surface area contributed by atoms with Crippen molar-refractivity contribution < 1.29 is 9.47 Å². The lowest BCUT2D eigenvalue weighted by atomic mass is 10.3. The lowest BCUT2D eigenvalue weighted by Crippen LogP contribution is -2.17. The fraction of sp³-hybridized carbons (Fsp3) is 1.00. The normalized spacial score (nSPS) is 13.7. The molecule has 0 aromatic rings. The lowest BCUT2D eigenvalue weighted by Gasteiger charge is -2.12. The van der Waals surface area contributed by atoms with Gasteiger partial charge in [0.15, 0.2) is 0 Å². The Morgan fingerprint density at radius 1 is 1.33 bits per heavy atom. The SMILES string of the molecule is CCOC(CC)COC. The van der Waals surface area contributed by atoms with E-state index in [0.29, 0.717) is 12.7 Å². The Labute approximate surface area is 57.2 Å². The Morgan fingerprint density at radius 2 is 2.00 bits per heavy atom. The molecule has 0 fully saturated rings. The van der Waals surface area contributed by atoms with Crippen LogP contribution in [0.15, 0.2) is 0 Å². The highest BCUT2D eigenvalue weighted by Gasteiger charge is 2.02. The van der Waals surface area contributed by atoms with Gasteiger partial charge in [-0.3, -0.25) is 0 Å². The largest absolute Gasteiger partial charge is 0.382 e. The molecular weight excluding hydrogens is 116 g/mol. The number of hydrogen-bond acceptors (Lipinski definition) is 2. The van der Waals surface area contributed by atoms with E-state index in [4.69, 9.17) is 9.47 Å². The van der Waals surface area contributed by atoms with Gasteiger partial charge in [-0.1, -0.05) is 6.92 Å². The first-order chi connectivity index (χ1) is 4.35. The van der Waals surface area contributed by atoms with Crippen LogP contribution in [0.5, 0.6) is 0 Å². The van der Waals surface area contributed by atoms with E-state index in [1.54, 1.807) is 7.11 Å². The van der Waals surface area contributed by atoms with Gasteiger partial charge in [-0.05, 0) is 13.3 Å². The van der Waals surface area contributed by atoms with Gasteiger partial charge in [0.05, 0.1) is 12.7 Å². The molecule has 0 saturated carbocycles. The zero-order chi connectivity index (χ0) is 7.11. The summed E-state index contributed by atoms with van der Waals surface area (Å²) in [5.74, 6) is 0. The van der Waals surface area contributed by atoms with Crippen molar-refractivity contribution in [2.24, 2.45) is 0 Å². The maximum atomic E-state index is 5.31. The van der Waals surface area contributed by atoms with E-state index in [9.17, 15) is 0 Å². The fourth-order valence-electron chi connectivity index (χ4n) is 0.705. The van der Waals surface area contributed by atoms with Crippen molar-refractivity contribution in [1.29, 1.82) is 0 Å². The van der Waals surface area contributed by atoms with Gasteiger partial charge in [-0.15, -0.1) is 0 Å². The van der Waals surface area contributed by atoms with Crippen molar-refractivity contribution in [1.82, 2.24) is 0 Å². The molecule has 0 aromatic carbocycles. The summed E-state index contributed by atoms with van der Waals surface area (Å²) in [5.41, 5.74) is 0. The van der Waals surface area contributed by atoms with Gasteiger partial charge in [0.2, 0.25) is 0 Å². The highest BCUT2D eigenvalue weighted by atomic mass is 16.5. The molecule has 0 aromatic heterocycles. The van der Waals surface area contributed by atoms with E-state index in [1.165, 1.54) is 0 Å². The van der Waals surface area contributed by atoms with Crippen LogP contribution < -0.4 is 0 Å². The summed E-state index contributed by atoms with van der Waals surface area (Å²) < 4.78 is 10.2. The molecule has 0 aliphatic rings. The lowest BCUT2D eigenvalue weighted by molar-refractivity contribution is 0.00244. The second kappa shape index (κ2) is 6.05. The first-order valence-corrected chi connectivity index (χ1v) is 3.45. The van der Waals surface area contributed by atoms with E-state index in [-0.39, 0.29) is 0 Å². The fourth-order valence-corrected chi connectivity index (χ4v) is 0.705. The predicted molar refractivity (Wildman–Crippen MR) is 37.6 cm³/mol. The quantitative estimate of drug-likeness (QED) is 0.563. The summed E-state index contributed by atoms with van der Waals surface area (Å²) in [6.07, 6.45) is 1.32. The molecule has 0 heterocycles. The second-order valence-corrected chi connectivity index (χ2v) is 1.94. The van der Waals surface area contributed by atoms with Gasteiger partial charge >= 0.3 is 0 Å². The van der Waals surface area contributed by atoms with Crippen molar-refractivity contribution in [2.45, 2.75) is 26.4 Å². The van der Waals surface area contributed by atoms with Gasteiger partial charge in [0.1, 0.15) is 0 Å². The van der Waals surface area contributed by atoms with Crippen LogP contribution >= 0.6 is 0 Å². The highest BCUT2D eigenvalue weighted by Crippen LogP contribution is 1.96. The van der Waals surface area contributed by atoms with E-state index in [1.807, 2.05) is 6.92 Å². The van der Waals surface area contributed by atoms with Crippen molar-refractivity contribution in [3.63, 3.8) is 0 Å². The molecule has 0 amide bonds. The third kappa shape index (κ3) is 4.43. The standard InChI is InChI=1S/C7H16O2/c1-4-7(6-8-3)9-5-2/h7H,4-6H2,1-3H3. The van der Waals surface area contributed by atoms with Crippen LogP contribution in [0, 0.1) is 0 Å². The molecule has 2 heteroatoms. The highest BCUT2D eigenvalue weighted by molar-refractivity contribution is 4.50. The predicted octanol–water partition coefficient (Wildman–Crippen LogP) is 1.45. The summed E-state index contributed by atoms with van der Waals surface area (Å²) in [6, 6.07) is 0. The molecule has 0 rings (SSSR count). The summed E-state index contributed by atoms with van der Waals surface area (Å²) in [4.78, 5) is 0. The van der Waals surface area contributed by atoms with E-state index >= 15 is 0 Å². The Balaban J connectivity index is 3.18. The topological polar surface area (TPSA) is 18.5 Å². The van der Waals surface area contributed by atoms with Gasteiger partial charge in [0, 0.05) is 13.7 Å². The number of methoxy groups -OCH3 is 1. The third-order valence-corrected chi connectivity index (χ3v) is 1.21. The maximum absolute atomic E-state index is 5.31. The molecule has 1 unspecified atom stereocenters. The third-order valence-electron chi connectivity index (χ3n) is 1.21. The molecule has 1 atom stereocenters. The molecule has 0 radical (unpaired) electrons. The molecule has 0 aliphatic carbocycles. The average Bonchev–Trinajstić information content (AvgIpc) is 1.88. The Kier molecular flexibility index (Phi) is 5.99. The summed E-state index contributed by atoms with van der Waals surface area (Å²) in [5, 5.41) is 0. The Bertz CT molecular complexity index is 48.9. The summed E-state index contributed by atoms with van der Waals surface area (Å²) in [7, 11) is 1.70. The molecule has 0 spiro atoms. The number of ether oxygens (including phenoxy) is 2. The van der Waals surface area contributed by atoms with Crippen molar-refractivity contribution in [3.05, 3.63) is 0 Å². The molecule has 0 aliphatic heterocycles. The van der Waals surface area contributed by atoms with E-state index in [0.717, 1.165) is 13.0 Å². The van der Waals surface area contributed by atoms with Crippen LogP contribution in [0.1, 0.15) is 20.3 Å². The van der Waals surface area contributed by atoms with Crippen LogP contribution in [-0.4, -0.2) is 26.4 Å². The van der Waals surface area contributed by atoms with Crippen molar-refractivity contribution >= 4 is 0 Å². The van der Waals surface area contributed by atoms with Gasteiger partial charge in [-0.2, -0.15) is 0 Å². The van der Waals surface area contributed by atoms with E-state index < -0.39 is 0 Å². The summed E-state index contributed by atoms with van der Waals surface area (Å²) in [6.45, 7) is 5.59. The first kappa shape index (κ1) is 8.92. The minimum absolute atomic E-state index is 0.292. The molecule has 0 saturated heterocycles. The molecule has 2 nitrogen and oxygen atoms in total. The van der Waals surface area contributed by atoms with Gasteiger partial charge in [-0.25, -0.2) is 0 Å². The molecule has 56 valence electrons. The zero-order valence-corrected chi connectivity index (χ0v) is 6.52. The molecule has 0 N–H and O–H groups in total. The van der Waals surface area contributed by atoms with Gasteiger partial charge in [0.25, 0.3) is 0 Å². The molecular formula is C7H16O2. The smallest absolute Gasteiger partial charge is 0.0805 e. The Hall–Kier alpha value is -0.0800. The average molecular weight is 132 g/mol. The molecule has 9 heavy (non-hydrogen) atoms. The van der Waals surface area contributed by atoms with Crippen LogP contribution in [0.25, 0.3) is 0 Å². The molecule has 0 bridgehead atoms. The van der Waals surface area contributed by atoms with Crippen molar-refractivity contribution in [2.75, 3.05) is 20.3 Å². The minimum Gasteiger partial charge on any atom is -0.382 e. The van der Waals surface area contributed by atoms with Crippen molar-refractivity contribution in [3.8, 4) is 0 Å². The first-order valence-electron chi connectivity index (χ1n) is 3.45. The minimum atomic E-state index is 0.292. The van der Waals surface area contributed by atoms with E-state index in [2.05, 4.69) is 6.92 Å². The monoisotopic (exact) mass is 132 g/mol. The number of hydrogen-bond donors (Lipinski definition) is 0. The maximum Gasteiger partial charge on any atom is 0.0805 e. The second-order valence-electron chi connectivity index (χ2n) is 1.94. The van der Waals surface area contributed by atoms with Crippen LogP contribution in [0.3, 0.4) is 0 Å². The van der Waals surface area contributed by atoms with Crippen LogP contribution in [-0.2, 0) is 9.47 Å². The Morgan fingerprint density at radius 3 is 2.33 bits per heavy atom.